The number of nitro benzene ring substituents is 1. The summed E-state index contributed by atoms with van der Waals surface area (Å²) in [7, 11) is 2.64. The molecule has 0 saturated heterocycles. The lowest BCUT2D eigenvalue weighted by atomic mass is 10.1. The minimum Gasteiger partial charge on any atom is -0.493 e. The highest BCUT2D eigenvalue weighted by Gasteiger charge is 2.21. The van der Waals surface area contributed by atoms with Gasteiger partial charge >= 0.3 is 5.69 Å². The monoisotopic (exact) mass is 256 g/mol. The molecular weight excluding hydrogens is 244 g/mol. The lowest BCUT2D eigenvalue weighted by Crippen LogP contribution is -2.05. The second-order valence-electron chi connectivity index (χ2n) is 3.41. The predicted molar refractivity (Wildman–Crippen MR) is 61.8 cm³/mol. The lowest BCUT2D eigenvalue weighted by molar-refractivity contribution is -0.479. The van der Waals surface area contributed by atoms with Crippen LogP contribution in [-0.4, -0.2) is 30.6 Å². The molecule has 0 saturated carbocycles. The molecule has 8 nitrogen and oxygen atoms in total. The van der Waals surface area contributed by atoms with E-state index in [0.29, 0.717) is 5.56 Å². The lowest BCUT2D eigenvalue weighted by Gasteiger charge is -2.09. The number of hydrogen-bond acceptors (Lipinski definition) is 6. The fraction of sp³-hybridized carbons (Fsp3) is 0.400. The summed E-state index contributed by atoms with van der Waals surface area (Å²) in [6.45, 7) is -0.299. The van der Waals surface area contributed by atoms with Gasteiger partial charge in [0.15, 0.2) is 5.75 Å². The van der Waals surface area contributed by atoms with Gasteiger partial charge in [-0.05, 0) is 11.6 Å². The molecule has 1 aromatic rings. The third-order valence-electron chi connectivity index (χ3n) is 2.30. The molecule has 1 aromatic carbocycles. The van der Waals surface area contributed by atoms with Gasteiger partial charge in [0.05, 0.1) is 19.1 Å². The molecule has 0 fully saturated rings. The molecule has 1 rings (SSSR count). The van der Waals surface area contributed by atoms with Crippen molar-refractivity contribution in [3.05, 3.63) is 37.9 Å². The first kappa shape index (κ1) is 13.7. The Kier molecular flexibility index (Phi) is 4.41. The van der Waals surface area contributed by atoms with Crippen LogP contribution in [0.2, 0.25) is 0 Å². The van der Waals surface area contributed by atoms with E-state index in [1.807, 2.05) is 0 Å². The second kappa shape index (κ2) is 5.80. The van der Waals surface area contributed by atoms with E-state index in [0.717, 1.165) is 0 Å². The summed E-state index contributed by atoms with van der Waals surface area (Å²) < 4.78 is 9.88. The summed E-state index contributed by atoms with van der Waals surface area (Å²) in [4.78, 5) is 20.1. The summed E-state index contributed by atoms with van der Waals surface area (Å²) in [6.07, 6.45) is 0.0915. The highest BCUT2D eigenvalue weighted by atomic mass is 16.6. The van der Waals surface area contributed by atoms with Crippen molar-refractivity contribution < 1.29 is 19.3 Å². The Balaban J connectivity index is 3.18. The maximum absolute atomic E-state index is 10.9. The number of hydrogen-bond donors (Lipinski definition) is 0. The minimum atomic E-state index is -0.614. The number of nitrogens with zero attached hydrogens (tertiary/aromatic N) is 2. The van der Waals surface area contributed by atoms with Crippen molar-refractivity contribution in [1.29, 1.82) is 0 Å². The first-order valence-corrected chi connectivity index (χ1v) is 5.00. The van der Waals surface area contributed by atoms with Crippen LogP contribution in [0.3, 0.4) is 0 Å². The van der Waals surface area contributed by atoms with Crippen LogP contribution in [0.15, 0.2) is 12.1 Å². The molecule has 98 valence electrons. The highest BCUT2D eigenvalue weighted by molar-refractivity contribution is 5.58. The SMILES string of the molecule is COc1cc(CC[N+](=O)[O-])cc([N+](=O)[O-])c1OC. The van der Waals surface area contributed by atoms with Crippen molar-refractivity contribution in [2.24, 2.45) is 0 Å². The Morgan fingerprint density at radius 2 is 1.83 bits per heavy atom. The zero-order valence-corrected chi connectivity index (χ0v) is 9.91. The molecule has 0 radical (unpaired) electrons. The van der Waals surface area contributed by atoms with Crippen LogP contribution < -0.4 is 9.47 Å². The van der Waals surface area contributed by atoms with Gasteiger partial charge in [0, 0.05) is 17.4 Å². The summed E-state index contributed by atoms with van der Waals surface area (Å²) in [5.74, 6) is 0.192. The minimum absolute atomic E-state index is 0.00681. The van der Waals surface area contributed by atoms with Gasteiger partial charge in [-0.3, -0.25) is 20.2 Å². The molecule has 0 N–H and O–H groups in total. The van der Waals surface area contributed by atoms with Crippen molar-refractivity contribution in [3.8, 4) is 11.5 Å². The molecular formula is C10H12N2O6. The smallest absolute Gasteiger partial charge is 0.315 e. The number of rotatable bonds is 6. The van der Waals surface area contributed by atoms with Gasteiger partial charge in [-0.25, -0.2) is 0 Å². The first-order valence-electron chi connectivity index (χ1n) is 5.00. The number of benzene rings is 1. The van der Waals surface area contributed by atoms with Gasteiger partial charge < -0.3 is 9.47 Å². The quantitative estimate of drug-likeness (QED) is 0.563. The molecule has 0 bridgehead atoms. The average molecular weight is 256 g/mol. The van der Waals surface area contributed by atoms with Crippen LogP contribution in [0.25, 0.3) is 0 Å². The van der Waals surface area contributed by atoms with Crippen molar-refractivity contribution in [2.45, 2.75) is 6.42 Å². The fourth-order valence-electron chi connectivity index (χ4n) is 1.50. The fourth-order valence-corrected chi connectivity index (χ4v) is 1.50. The molecule has 0 aromatic heterocycles. The van der Waals surface area contributed by atoms with Crippen molar-refractivity contribution >= 4 is 5.69 Å². The van der Waals surface area contributed by atoms with E-state index in [1.165, 1.54) is 26.4 Å². The van der Waals surface area contributed by atoms with Gasteiger partial charge in [-0.1, -0.05) is 0 Å². The maximum Gasteiger partial charge on any atom is 0.315 e. The van der Waals surface area contributed by atoms with Gasteiger partial charge in [0.1, 0.15) is 0 Å². The summed E-state index contributed by atoms with van der Waals surface area (Å²) >= 11 is 0. The van der Waals surface area contributed by atoms with E-state index in [1.54, 1.807) is 0 Å². The summed E-state index contributed by atoms with van der Waals surface area (Å²) in [6, 6.07) is 2.75. The molecule has 0 amide bonds. The molecule has 0 spiro atoms. The second-order valence-corrected chi connectivity index (χ2v) is 3.41. The molecule has 0 aliphatic heterocycles. The molecule has 0 aliphatic rings. The third-order valence-corrected chi connectivity index (χ3v) is 2.30. The number of nitro groups is 2. The molecule has 18 heavy (non-hydrogen) atoms. The predicted octanol–water partition coefficient (Wildman–Crippen LogP) is 1.43. The van der Waals surface area contributed by atoms with Crippen LogP contribution >= 0.6 is 0 Å². The van der Waals surface area contributed by atoms with Crippen LogP contribution in [-0.2, 0) is 6.42 Å². The summed E-state index contributed by atoms with van der Waals surface area (Å²) in [5.41, 5.74) is 0.186. The van der Waals surface area contributed by atoms with Gasteiger partial charge in [-0.15, -0.1) is 0 Å². The van der Waals surface area contributed by atoms with Crippen molar-refractivity contribution in [1.82, 2.24) is 0 Å². The zero-order valence-electron chi connectivity index (χ0n) is 9.91. The maximum atomic E-state index is 10.9. The Labute approximate surface area is 102 Å². The van der Waals surface area contributed by atoms with Crippen LogP contribution in [0.4, 0.5) is 5.69 Å². The summed E-state index contributed by atoms with van der Waals surface area (Å²) in [5, 5.41) is 21.2. The first-order chi connectivity index (χ1) is 8.49. The molecule has 0 heterocycles. The number of ether oxygens (including phenoxy) is 2. The molecule has 0 unspecified atom stereocenters. The van der Waals surface area contributed by atoms with E-state index in [2.05, 4.69) is 0 Å². The van der Waals surface area contributed by atoms with E-state index < -0.39 is 9.85 Å². The van der Waals surface area contributed by atoms with Crippen molar-refractivity contribution in [3.63, 3.8) is 0 Å². The average Bonchev–Trinajstić information content (AvgIpc) is 2.34. The molecule has 0 atom stereocenters. The molecule has 8 heteroatoms. The Morgan fingerprint density at radius 3 is 2.28 bits per heavy atom. The molecule has 0 aliphatic carbocycles. The van der Waals surface area contributed by atoms with Gasteiger partial charge in [0.25, 0.3) is 0 Å². The van der Waals surface area contributed by atoms with E-state index >= 15 is 0 Å². The van der Waals surface area contributed by atoms with Crippen molar-refractivity contribution in [2.75, 3.05) is 20.8 Å². The van der Waals surface area contributed by atoms with Crippen LogP contribution in [0.1, 0.15) is 5.56 Å². The number of methoxy groups -OCH3 is 2. The highest BCUT2D eigenvalue weighted by Crippen LogP contribution is 2.37. The van der Waals surface area contributed by atoms with E-state index in [-0.39, 0.29) is 30.2 Å². The Hall–Kier alpha value is -2.38. The van der Waals surface area contributed by atoms with E-state index in [9.17, 15) is 20.2 Å². The zero-order chi connectivity index (χ0) is 13.7. The van der Waals surface area contributed by atoms with E-state index in [4.69, 9.17) is 9.47 Å². The Morgan fingerprint density at radius 1 is 1.17 bits per heavy atom. The largest absolute Gasteiger partial charge is 0.493 e. The van der Waals surface area contributed by atoms with Crippen LogP contribution in [0.5, 0.6) is 11.5 Å². The Bertz CT molecular complexity index is 474. The van der Waals surface area contributed by atoms with Gasteiger partial charge in [0.2, 0.25) is 12.3 Å². The van der Waals surface area contributed by atoms with Gasteiger partial charge in [-0.2, -0.15) is 0 Å². The normalized spacial score (nSPS) is 9.89. The standard InChI is InChI=1S/C10H12N2O6/c1-17-9-6-7(3-4-11(13)14)5-8(12(15)16)10(9)18-2/h5-6H,3-4H2,1-2H3. The van der Waals surface area contributed by atoms with Crippen LogP contribution in [0, 0.1) is 20.2 Å². The topological polar surface area (TPSA) is 105 Å². The third kappa shape index (κ3) is 3.06.